The maximum atomic E-state index is 13.7. The third kappa shape index (κ3) is 23.7. The van der Waals surface area contributed by atoms with Crippen LogP contribution in [0.4, 0.5) is 4.79 Å². The largest absolute Gasteiger partial charge is 0.492 e. The van der Waals surface area contributed by atoms with Gasteiger partial charge in [-0.25, -0.2) is 4.79 Å². The highest BCUT2D eigenvalue weighted by atomic mass is 33.1. The summed E-state index contributed by atoms with van der Waals surface area (Å²) in [4.78, 5) is 129. The van der Waals surface area contributed by atoms with Crippen molar-refractivity contribution in [2.75, 3.05) is 44.9 Å². The fourth-order valence-corrected chi connectivity index (χ4v) is 9.60. The summed E-state index contributed by atoms with van der Waals surface area (Å²) in [5.41, 5.74) is 22.3. The lowest BCUT2D eigenvalue weighted by Crippen LogP contribution is -2.59. The van der Waals surface area contributed by atoms with Gasteiger partial charge in [-0.05, 0) is 88.6 Å². The Morgan fingerprint density at radius 2 is 1.35 bits per heavy atom. The number of nitrogens with one attached hydrogen (secondary N) is 6. The Hall–Kier alpha value is -8.51. The lowest BCUT2D eigenvalue weighted by Gasteiger charge is -2.26. The van der Waals surface area contributed by atoms with Crippen molar-refractivity contribution in [2.45, 2.75) is 102 Å². The smallest absolute Gasteiger partial charge is 0.409 e. The number of nitrogens with two attached hydrogens (primary N) is 3. The van der Waals surface area contributed by atoms with Crippen molar-refractivity contribution in [3.63, 3.8) is 0 Å². The van der Waals surface area contributed by atoms with E-state index in [1.54, 1.807) is 33.3 Å². The van der Waals surface area contributed by atoms with Gasteiger partial charge in [0.25, 0.3) is 0 Å². The highest BCUT2D eigenvalue weighted by Gasteiger charge is 2.34. The SMILES string of the molecule is Cc1cccc(-c2cn[nH]c2-c2ccnc(-c3ccc(OCCN(C)C(=O)OCCSSC[C@@H](C)NC(=O)[C@H](CC(=O)O)NC(=O)[C@H](CC(=O)O)NC(=O)[C@H](CCCN=C(N)N)NC(=O)[C@H](CC(=O)O)NC(=O)CC[C@H](C)N)cc3)c2)n1. The number of aromatic nitrogens is 4. The standard InChI is InChI=1S/C52H70N14O14S2/c1-29(53)10-15-42(67)61-39(24-43(68)69)49(76)62-37(9-6-17-57-51(54)55)47(74)63-41(26-45(72)73)50(77)64-40(25-44(70)71)48(75)60-31(3)28-82-81-22-21-80-52(78)66(4)19-20-79-34-13-11-32(12-14-34)38-23-33(16-18-56-38)46-35(27-58-65-46)36-8-5-7-30(2)59-36/h5,7-8,11-14,16,18,23,27,29,31,37,39-41H,6,9-10,15,17,19-22,24-26,28,53H2,1-4H3,(H,58,65)(H,60,75)(H,61,67)(H,62,76)(H,63,74)(H,64,77)(H,68,69)(H,70,71)(H,72,73)(H4,54,55,57)/t29-,31+,37-,39-,40-,41-/m0/s1. The van der Waals surface area contributed by atoms with E-state index in [2.05, 4.69) is 51.7 Å². The minimum absolute atomic E-state index is 0.0214. The van der Waals surface area contributed by atoms with Gasteiger partial charge in [-0.15, -0.1) is 0 Å². The number of ether oxygens (including phenoxy) is 2. The zero-order chi connectivity index (χ0) is 60.3. The van der Waals surface area contributed by atoms with Crippen LogP contribution in [0.1, 0.15) is 64.5 Å². The Morgan fingerprint density at radius 3 is 1.96 bits per heavy atom. The van der Waals surface area contributed by atoms with Crippen LogP contribution in [0, 0.1) is 6.92 Å². The monoisotopic (exact) mass is 1180 g/mol. The molecule has 82 heavy (non-hydrogen) atoms. The van der Waals surface area contributed by atoms with Crippen LogP contribution in [-0.4, -0.2) is 181 Å². The molecule has 4 rings (SSSR count). The van der Waals surface area contributed by atoms with Crippen LogP contribution in [0.5, 0.6) is 5.75 Å². The second-order valence-electron chi connectivity index (χ2n) is 18.7. The van der Waals surface area contributed by atoms with Crippen LogP contribution >= 0.6 is 21.6 Å². The molecule has 28 nitrogen and oxygen atoms in total. The number of aromatic amines is 1. The van der Waals surface area contributed by atoms with E-state index >= 15 is 0 Å². The molecule has 444 valence electrons. The third-order valence-electron chi connectivity index (χ3n) is 11.7. The van der Waals surface area contributed by atoms with Gasteiger partial charge in [0.1, 0.15) is 43.1 Å². The molecule has 15 N–H and O–H groups in total. The van der Waals surface area contributed by atoms with Gasteiger partial charge >= 0.3 is 24.0 Å². The van der Waals surface area contributed by atoms with Crippen molar-refractivity contribution >= 4 is 81.1 Å². The molecule has 0 aliphatic heterocycles. The van der Waals surface area contributed by atoms with E-state index in [-0.39, 0.29) is 69.7 Å². The van der Waals surface area contributed by atoms with E-state index in [1.165, 1.54) is 26.5 Å². The number of carboxylic acid groups (broad SMARTS) is 3. The van der Waals surface area contributed by atoms with E-state index in [4.69, 9.17) is 26.7 Å². The van der Waals surface area contributed by atoms with Gasteiger partial charge in [0.2, 0.25) is 29.5 Å². The topological polar surface area (TPSA) is 441 Å². The Bertz CT molecular complexity index is 2850. The van der Waals surface area contributed by atoms with Crippen LogP contribution in [-0.2, 0) is 43.1 Å². The minimum Gasteiger partial charge on any atom is -0.492 e. The van der Waals surface area contributed by atoms with E-state index in [1.807, 2.05) is 61.5 Å². The molecule has 6 amide bonds. The molecule has 0 fully saturated rings. The molecule has 1 aromatic carbocycles. The molecule has 0 unspecified atom stereocenters. The van der Waals surface area contributed by atoms with Gasteiger partial charge in [0.05, 0.1) is 49.1 Å². The molecular weight excluding hydrogens is 1110 g/mol. The number of benzene rings is 1. The van der Waals surface area contributed by atoms with Crippen molar-refractivity contribution < 1.29 is 67.9 Å². The highest BCUT2D eigenvalue weighted by molar-refractivity contribution is 8.76. The number of likely N-dealkylation sites (N-methyl/N-ethyl adjacent to an activating group) is 1. The Kier molecular flexibility index (Phi) is 27.3. The number of carboxylic acids is 3. The van der Waals surface area contributed by atoms with Gasteiger partial charge in [0, 0.05) is 72.2 Å². The molecule has 0 saturated carbocycles. The number of aliphatic carboxylic acids is 3. The minimum atomic E-state index is -1.93. The molecular formula is C52H70N14O14S2. The number of H-pyrrole nitrogens is 1. The molecule has 4 aromatic rings. The Balaban J connectivity index is 1.22. The molecule has 6 atom stereocenters. The molecule has 3 aromatic heterocycles. The third-order valence-corrected chi connectivity index (χ3v) is 14.2. The normalized spacial score (nSPS) is 13.1. The van der Waals surface area contributed by atoms with E-state index in [0.717, 1.165) is 39.5 Å². The van der Waals surface area contributed by atoms with Gasteiger partial charge in [0.15, 0.2) is 5.96 Å². The van der Waals surface area contributed by atoms with E-state index < -0.39 is 103 Å². The highest BCUT2D eigenvalue weighted by Crippen LogP contribution is 2.31. The summed E-state index contributed by atoms with van der Waals surface area (Å²) in [6.45, 7) is 5.58. The summed E-state index contributed by atoms with van der Waals surface area (Å²) in [6.07, 6.45) is -0.158. The zero-order valence-corrected chi connectivity index (χ0v) is 47.3. The number of hydrogen-bond donors (Lipinski definition) is 12. The van der Waals surface area contributed by atoms with Gasteiger partial charge in [-0.1, -0.05) is 27.7 Å². The Labute approximate surface area is 480 Å². The summed E-state index contributed by atoms with van der Waals surface area (Å²) in [5.74, 6) is -8.79. The first-order valence-electron chi connectivity index (χ1n) is 25.8. The first kappa shape index (κ1) is 66.0. The van der Waals surface area contributed by atoms with Crippen LogP contribution in [0.25, 0.3) is 33.8 Å². The van der Waals surface area contributed by atoms with Gasteiger partial charge in [-0.2, -0.15) is 5.10 Å². The molecule has 0 radical (unpaired) electrons. The maximum absolute atomic E-state index is 13.7. The van der Waals surface area contributed by atoms with Gasteiger partial charge < -0.3 is 73.5 Å². The predicted molar refractivity (Wildman–Crippen MR) is 304 cm³/mol. The lowest BCUT2D eigenvalue weighted by molar-refractivity contribution is -0.143. The number of hydrogen-bond acceptors (Lipinski definition) is 18. The molecule has 30 heteroatoms. The number of nitrogens with zero attached hydrogens (tertiary/aromatic N) is 5. The van der Waals surface area contributed by atoms with Crippen molar-refractivity contribution in [3.05, 3.63) is 72.7 Å². The second kappa shape index (κ2) is 33.9. The number of guanidine groups is 1. The number of rotatable bonds is 35. The zero-order valence-electron chi connectivity index (χ0n) is 45.6. The van der Waals surface area contributed by atoms with Gasteiger partial charge in [-0.3, -0.25) is 58.4 Å². The summed E-state index contributed by atoms with van der Waals surface area (Å²) in [7, 11) is 4.20. The molecule has 0 aliphatic rings. The first-order valence-corrected chi connectivity index (χ1v) is 28.2. The van der Waals surface area contributed by atoms with Crippen LogP contribution in [0.15, 0.2) is 72.0 Å². The average molecular weight is 1180 g/mol. The fraction of sp³-hybridized carbons (Fsp3) is 0.442. The number of aliphatic imine (C=N–C) groups is 1. The summed E-state index contributed by atoms with van der Waals surface area (Å²) < 4.78 is 11.3. The molecule has 0 bridgehead atoms. The molecule has 0 saturated heterocycles. The van der Waals surface area contributed by atoms with Crippen molar-refractivity contribution in [1.82, 2.24) is 51.6 Å². The summed E-state index contributed by atoms with van der Waals surface area (Å²) in [5, 5.41) is 47.7. The number of carbonyl (C=O) groups excluding carboxylic acids is 6. The molecule has 0 aliphatic carbocycles. The quantitative estimate of drug-likeness (QED) is 0.0134. The number of carbonyl (C=O) groups is 9. The molecule has 3 heterocycles. The van der Waals surface area contributed by atoms with Crippen LogP contribution < -0.4 is 48.5 Å². The lowest BCUT2D eigenvalue weighted by atomic mass is 10.0. The van der Waals surface area contributed by atoms with Crippen LogP contribution in [0.2, 0.25) is 0 Å². The second-order valence-corrected chi connectivity index (χ2v) is 21.4. The van der Waals surface area contributed by atoms with Crippen molar-refractivity contribution in [2.24, 2.45) is 22.2 Å². The van der Waals surface area contributed by atoms with Crippen molar-refractivity contribution in [3.8, 4) is 39.5 Å². The average Bonchev–Trinajstić information content (AvgIpc) is 4.16. The fourth-order valence-electron chi connectivity index (χ4n) is 7.48. The summed E-state index contributed by atoms with van der Waals surface area (Å²) in [6, 6.07) is 9.14. The maximum Gasteiger partial charge on any atom is 0.409 e. The van der Waals surface area contributed by atoms with E-state index in [9.17, 15) is 58.5 Å². The predicted octanol–water partition coefficient (Wildman–Crippen LogP) is 1.39. The first-order chi connectivity index (χ1) is 39.0. The summed E-state index contributed by atoms with van der Waals surface area (Å²) >= 11 is 0. The number of pyridine rings is 2. The Morgan fingerprint density at radius 1 is 0.744 bits per heavy atom. The van der Waals surface area contributed by atoms with Crippen molar-refractivity contribution in [1.29, 1.82) is 0 Å². The number of amides is 6. The van der Waals surface area contributed by atoms with Crippen LogP contribution in [0.3, 0.4) is 0 Å². The molecule has 0 spiro atoms. The van der Waals surface area contributed by atoms with E-state index in [0.29, 0.717) is 11.5 Å². The number of aryl methyl sites for hydroxylation is 1.